The summed E-state index contributed by atoms with van der Waals surface area (Å²) in [4.78, 5) is 23.0. The molecule has 25 heavy (non-hydrogen) atoms. The molecule has 0 fully saturated rings. The molecule has 0 saturated heterocycles. The molecule has 0 radical (unpaired) electrons. The predicted molar refractivity (Wildman–Crippen MR) is 102 cm³/mol. The van der Waals surface area contributed by atoms with E-state index in [1.165, 1.54) is 0 Å². The zero-order valence-corrected chi connectivity index (χ0v) is 16.8. The van der Waals surface area contributed by atoms with Crippen molar-refractivity contribution in [1.29, 1.82) is 0 Å². The Morgan fingerprint density at radius 3 is 2.64 bits per heavy atom. The molecule has 7 heteroatoms. The lowest BCUT2D eigenvalue weighted by Gasteiger charge is -2.25. The minimum Gasteiger partial charge on any atom is -0.357 e. The molecule has 1 heterocycles. The van der Waals surface area contributed by atoms with Gasteiger partial charge in [0.2, 0.25) is 5.91 Å². The number of amides is 1. The van der Waals surface area contributed by atoms with E-state index in [1.807, 2.05) is 45.8 Å². The smallest absolute Gasteiger partial charge is 0.240 e. The number of hydrogen-bond acceptors (Lipinski definition) is 3. The van der Waals surface area contributed by atoms with Crippen molar-refractivity contribution in [3.05, 3.63) is 18.2 Å². The van der Waals surface area contributed by atoms with Gasteiger partial charge in [-0.1, -0.05) is 13.8 Å². The van der Waals surface area contributed by atoms with Crippen molar-refractivity contribution in [1.82, 2.24) is 25.1 Å². The first-order chi connectivity index (χ1) is 11.6. The number of carbonyl (C=O) groups is 1. The highest BCUT2D eigenvalue weighted by atomic mass is 16.2. The van der Waals surface area contributed by atoms with Gasteiger partial charge in [-0.05, 0) is 33.6 Å². The van der Waals surface area contributed by atoms with Crippen LogP contribution in [0, 0.1) is 5.92 Å². The number of hydrogen-bond donors (Lipinski definition) is 2. The second-order valence-corrected chi connectivity index (χ2v) is 7.71. The molecule has 0 spiro atoms. The van der Waals surface area contributed by atoms with Crippen LogP contribution in [0.2, 0.25) is 0 Å². The van der Waals surface area contributed by atoms with Gasteiger partial charge in [-0.15, -0.1) is 0 Å². The monoisotopic (exact) mass is 350 g/mol. The first-order valence-corrected chi connectivity index (χ1v) is 8.92. The number of likely N-dealkylation sites (N-methyl/N-ethyl adjacent to an activating group) is 1. The molecular weight excluding hydrogens is 316 g/mol. The first-order valence-electron chi connectivity index (χ1n) is 8.92. The van der Waals surface area contributed by atoms with Crippen LogP contribution >= 0.6 is 0 Å². The van der Waals surface area contributed by atoms with Crippen molar-refractivity contribution in [2.75, 3.05) is 20.1 Å². The average molecular weight is 351 g/mol. The molecule has 2 N–H and O–H groups in total. The van der Waals surface area contributed by atoms with Crippen molar-refractivity contribution in [3.63, 3.8) is 0 Å². The fourth-order valence-electron chi connectivity index (χ4n) is 2.41. The largest absolute Gasteiger partial charge is 0.357 e. The number of rotatable bonds is 7. The molecule has 0 bridgehead atoms. The highest BCUT2D eigenvalue weighted by molar-refractivity contribution is 5.86. The zero-order valence-electron chi connectivity index (χ0n) is 16.8. The van der Waals surface area contributed by atoms with Crippen LogP contribution < -0.4 is 10.6 Å². The Labute approximate surface area is 151 Å². The summed E-state index contributed by atoms with van der Waals surface area (Å²) in [7, 11) is 1.87. The van der Waals surface area contributed by atoms with Crippen LogP contribution in [-0.2, 0) is 17.9 Å². The molecule has 0 saturated carbocycles. The summed E-state index contributed by atoms with van der Waals surface area (Å²) in [5.74, 6) is 2.15. The highest BCUT2D eigenvalue weighted by Crippen LogP contribution is 2.05. The van der Waals surface area contributed by atoms with E-state index in [9.17, 15) is 4.79 Å². The molecule has 1 rings (SSSR count). The van der Waals surface area contributed by atoms with E-state index in [0.29, 0.717) is 18.4 Å². The van der Waals surface area contributed by atoms with Gasteiger partial charge in [0.15, 0.2) is 5.96 Å². The Morgan fingerprint density at radius 1 is 1.40 bits per heavy atom. The van der Waals surface area contributed by atoms with E-state index in [4.69, 9.17) is 0 Å². The van der Waals surface area contributed by atoms with Gasteiger partial charge in [0, 0.05) is 38.1 Å². The van der Waals surface area contributed by atoms with E-state index in [-0.39, 0.29) is 18.0 Å². The molecule has 1 aromatic heterocycles. The van der Waals surface area contributed by atoms with E-state index < -0.39 is 0 Å². The van der Waals surface area contributed by atoms with Gasteiger partial charge in [0.05, 0.1) is 6.54 Å². The Hall–Kier alpha value is -2.05. The fourth-order valence-corrected chi connectivity index (χ4v) is 2.41. The van der Waals surface area contributed by atoms with Gasteiger partial charge < -0.3 is 20.1 Å². The SMILES string of the molecule is CCNC(=NCc1nccn1CC(C)C)N(C)CC(=O)NC(C)(C)C. The summed E-state index contributed by atoms with van der Waals surface area (Å²) in [6.45, 7) is 14.7. The maximum atomic E-state index is 12.1. The maximum Gasteiger partial charge on any atom is 0.240 e. The van der Waals surface area contributed by atoms with Crippen molar-refractivity contribution < 1.29 is 4.79 Å². The third kappa shape index (κ3) is 8.05. The number of nitrogens with zero attached hydrogens (tertiary/aromatic N) is 4. The summed E-state index contributed by atoms with van der Waals surface area (Å²) in [6, 6.07) is 0. The van der Waals surface area contributed by atoms with Gasteiger partial charge in [-0.2, -0.15) is 0 Å². The van der Waals surface area contributed by atoms with Crippen LogP contribution in [0.25, 0.3) is 0 Å². The molecule has 0 aliphatic heterocycles. The zero-order chi connectivity index (χ0) is 19.0. The number of guanidine groups is 1. The number of imidazole rings is 1. The minimum atomic E-state index is -0.241. The quantitative estimate of drug-likeness (QED) is 0.581. The van der Waals surface area contributed by atoms with Crippen molar-refractivity contribution in [3.8, 4) is 0 Å². The van der Waals surface area contributed by atoms with Gasteiger partial charge >= 0.3 is 0 Å². The van der Waals surface area contributed by atoms with Crippen molar-refractivity contribution in [2.24, 2.45) is 10.9 Å². The van der Waals surface area contributed by atoms with Crippen LogP contribution in [0.1, 0.15) is 47.4 Å². The summed E-state index contributed by atoms with van der Waals surface area (Å²) in [5.41, 5.74) is -0.241. The van der Waals surface area contributed by atoms with E-state index >= 15 is 0 Å². The third-order valence-electron chi connectivity index (χ3n) is 3.33. The molecule has 1 amide bonds. The Balaban J connectivity index is 2.76. The first kappa shape index (κ1) is 21.0. The van der Waals surface area contributed by atoms with Gasteiger partial charge in [-0.3, -0.25) is 4.79 Å². The highest BCUT2D eigenvalue weighted by Gasteiger charge is 2.17. The summed E-state index contributed by atoms with van der Waals surface area (Å²) < 4.78 is 2.13. The van der Waals surface area contributed by atoms with Crippen LogP contribution in [0.5, 0.6) is 0 Å². The third-order valence-corrected chi connectivity index (χ3v) is 3.33. The maximum absolute atomic E-state index is 12.1. The Bertz CT molecular complexity index is 570. The van der Waals surface area contributed by atoms with E-state index in [2.05, 4.69) is 39.0 Å². The molecule has 0 unspecified atom stereocenters. The van der Waals surface area contributed by atoms with Crippen LogP contribution in [0.3, 0.4) is 0 Å². The van der Waals surface area contributed by atoms with Crippen molar-refractivity contribution >= 4 is 11.9 Å². The average Bonchev–Trinajstić information content (AvgIpc) is 2.87. The number of aliphatic imine (C=N–C) groups is 1. The normalized spacial score (nSPS) is 12.4. The molecule has 0 aromatic carbocycles. The summed E-state index contributed by atoms with van der Waals surface area (Å²) in [6.07, 6.45) is 3.79. The number of aromatic nitrogens is 2. The summed E-state index contributed by atoms with van der Waals surface area (Å²) in [5, 5.41) is 6.20. The molecule has 142 valence electrons. The van der Waals surface area contributed by atoms with Gasteiger partial charge in [0.1, 0.15) is 12.4 Å². The topological polar surface area (TPSA) is 74.5 Å². The molecular formula is C18H34N6O. The lowest BCUT2D eigenvalue weighted by atomic mass is 10.1. The molecule has 7 nitrogen and oxygen atoms in total. The molecule has 0 aliphatic rings. The van der Waals surface area contributed by atoms with E-state index in [1.54, 1.807) is 6.20 Å². The lowest BCUT2D eigenvalue weighted by Crippen LogP contribution is -2.48. The Kier molecular flexibility index (Phi) is 7.93. The predicted octanol–water partition coefficient (Wildman–Crippen LogP) is 1.85. The molecule has 1 aromatic rings. The molecule has 0 aliphatic carbocycles. The second-order valence-electron chi connectivity index (χ2n) is 7.71. The standard InChI is InChI=1S/C18H34N6O/c1-8-19-17(23(7)13-16(25)22-18(4,5)6)21-11-15-20-9-10-24(15)12-14(2)3/h9-10,14H,8,11-13H2,1-7H3,(H,19,21)(H,22,25). The van der Waals surface area contributed by atoms with Crippen molar-refractivity contribution in [2.45, 2.75) is 60.2 Å². The Morgan fingerprint density at radius 2 is 2.08 bits per heavy atom. The minimum absolute atomic E-state index is 0.0260. The fraction of sp³-hybridized carbons (Fsp3) is 0.722. The van der Waals surface area contributed by atoms with E-state index in [0.717, 1.165) is 18.9 Å². The number of nitrogens with one attached hydrogen (secondary N) is 2. The summed E-state index contributed by atoms with van der Waals surface area (Å²) >= 11 is 0. The molecule has 0 atom stereocenters. The number of carbonyl (C=O) groups excluding carboxylic acids is 1. The second kappa shape index (κ2) is 9.44. The van der Waals surface area contributed by atoms with Crippen LogP contribution in [0.4, 0.5) is 0 Å². The van der Waals surface area contributed by atoms with Gasteiger partial charge in [0.25, 0.3) is 0 Å². The van der Waals surface area contributed by atoms with Gasteiger partial charge in [-0.25, -0.2) is 9.98 Å². The van der Waals surface area contributed by atoms with Crippen LogP contribution in [-0.4, -0.2) is 52.0 Å². The lowest BCUT2D eigenvalue weighted by molar-refractivity contribution is -0.122. The van der Waals surface area contributed by atoms with Crippen LogP contribution in [0.15, 0.2) is 17.4 Å².